The van der Waals surface area contributed by atoms with Crippen molar-refractivity contribution in [1.29, 1.82) is 0 Å². The predicted octanol–water partition coefficient (Wildman–Crippen LogP) is 0.0985. The molecule has 0 spiro atoms. The zero-order chi connectivity index (χ0) is 11.7. The van der Waals surface area contributed by atoms with E-state index in [0.29, 0.717) is 11.4 Å². The topological polar surface area (TPSA) is 96.0 Å². The van der Waals surface area contributed by atoms with E-state index >= 15 is 0 Å². The van der Waals surface area contributed by atoms with E-state index in [-0.39, 0.29) is 6.54 Å². The largest absolute Gasteiger partial charge is 0.476 e. The molecular weight excluding hydrogens is 210 g/mol. The lowest BCUT2D eigenvalue weighted by molar-refractivity contribution is -0.130. The molecule has 0 fully saturated rings. The first-order chi connectivity index (χ1) is 7.58. The van der Waals surface area contributed by atoms with Gasteiger partial charge in [0, 0.05) is 5.69 Å². The van der Waals surface area contributed by atoms with Gasteiger partial charge in [-0.25, -0.2) is 4.79 Å². The fourth-order valence-corrected chi connectivity index (χ4v) is 1.38. The zero-order valence-corrected chi connectivity index (χ0v) is 8.25. The van der Waals surface area contributed by atoms with Crippen LogP contribution in [0, 0.1) is 0 Å². The Balaban J connectivity index is 2.28. The van der Waals surface area contributed by atoms with Crippen LogP contribution < -0.4 is 10.7 Å². The third-order valence-electron chi connectivity index (χ3n) is 2.17. The normalized spacial score (nSPS) is 15.1. The van der Waals surface area contributed by atoms with Crippen molar-refractivity contribution in [3.05, 3.63) is 24.3 Å². The van der Waals surface area contributed by atoms with E-state index in [4.69, 9.17) is 10.8 Å². The SMILES string of the molecule is Nc1ccc(N2CC(=O)C(C(=O)O)=N2)cc1. The maximum atomic E-state index is 11.3. The van der Waals surface area contributed by atoms with Crippen LogP contribution in [0.25, 0.3) is 0 Å². The molecule has 0 radical (unpaired) electrons. The van der Waals surface area contributed by atoms with Crippen molar-refractivity contribution in [3.8, 4) is 0 Å². The molecule has 2 rings (SSSR count). The van der Waals surface area contributed by atoms with E-state index in [1.807, 2.05) is 0 Å². The molecule has 0 aromatic heterocycles. The summed E-state index contributed by atoms with van der Waals surface area (Å²) >= 11 is 0. The second kappa shape index (κ2) is 3.65. The van der Waals surface area contributed by atoms with Gasteiger partial charge in [-0.1, -0.05) is 0 Å². The monoisotopic (exact) mass is 219 g/mol. The van der Waals surface area contributed by atoms with Crippen LogP contribution in [-0.4, -0.2) is 29.1 Å². The number of nitrogens with two attached hydrogens (primary N) is 1. The van der Waals surface area contributed by atoms with E-state index in [0.717, 1.165) is 0 Å². The third kappa shape index (κ3) is 1.72. The summed E-state index contributed by atoms with van der Waals surface area (Å²) in [6.45, 7) is -0.0500. The lowest BCUT2D eigenvalue weighted by Gasteiger charge is -2.11. The number of anilines is 2. The van der Waals surface area contributed by atoms with Gasteiger partial charge in [0.1, 0.15) is 6.54 Å². The number of hydrogen-bond donors (Lipinski definition) is 2. The minimum Gasteiger partial charge on any atom is -0.476 e. The Bertz CT molecular complexity index is 479. The van der Waals surface area contributed by atoms with Crippen molar-refractivity contribution >= 4 is 28.8 Å². The second-order valence-electron chi connectivity index (χ2n) is 3.33. The van der Waals surface area contributed by atoms with Crippen molar-refractivity contribution in [2.75, 3.05) is 17.3 Å². The van der Waals surface area contributed by atoms with Crippen LogP contribution in [0.4, 0.5) is 11.4 Å². The van der Waals surface area contributed by atoms with Crippen LogP contribution >= 0.6 is 0 Å². The minimum absolute atomic E-state index is 0.0500. The number of benzene rings is 1. The van der Waals surface area contributed by atoms with Crippen LogP contribution in [-0.2, 0) is 9.59 Å². The lowest BCUT2D eigenvalue weighted by atomic mass is 10.2. The van der Waals surface area contributed by atoms with E-state index in [9.17, 15) is 9.59 Å². The molecule has 3 N–H and O–H groups in total. The van der Waals surface area contributed by atoms with Crippen LogP contribution in [0.15, 0.2) is 29.4 Å². The summed E-state index contributed by atoms with van der Waals surface area (Å²) in [5.74, 6) is -1.80. The Hall–Kier alpha value is -2.37. The Morgan fingerprint density at radius 2 is 2.00 bits per heavy atom. The first-order valence-electron chi connectivity index (χ1n) is 4.56. The van der Waals surface area contributed by atoms with Gasteiger partial charge in [-0.05, 0) is 24.3 Å². The number of ketones is 1. The Morgan fingerprint density at radius 1 is 1.38 bits per heavy atom. The number of carboxylic acids is 1. The average Bonchev–Trinajstić information content (AvgIpc) is 2.61. The first-order valence-corrected chi connectivity index (χ1v) is 4.56. The molecule has 1 aromatic rings. The summed E-state index contributed by atoms with van der Waals surface area (Å²) in [6, 6.07) is 6.68. The fourth-order valence-electron chi connectivity index (χ4n) is 1.38. The molecule has 1 aliphatic rings. The molecule has 0 saturated carbocycles. The molecule has 6 heteroatoms. The molecule has 0 amide bonds. The zero-order valence-electron chi connectivity index (χ0n) is 8.25. The van der Waals surface area contributed by atoms with Crippen molar-refractivity contribution in [2.45, 2.75) is 0 Å². The number of hydrazone groups is 1. The molecule has 1 aliphatic heterocycles. The summed E-state index contributed by atoms with van der Waals surface area (Å²) < 4.78 is 0. The minimum atomic E-state index is -1.30. The van der Waals surface area contributed by atoms with Crippen molar-refractivity contribution in [1.82, 2.24) is 0 Å². The maximum Gasteiger partial charge on any atom is 0.360 e. The van der Waals surface area contributed by atoms with Crippen LogP contribution in [0.2, 0.25) is 0 Å². The van der Waals surface area contributed by atoms with Gasteiger partial charge in [0.05, 0.1) is 5.69 Å². The van der Waals surface area contributed by atoms with Crippen molar-refractivity contribution in [3.63, 3.8) is 0 Å². The van der Waals surface area contributed by atoms with E-state index in [1.165, 1.54) is 5.01 Å². The molecule has 0 unspecified atom stereocenters. The quantitative estimate of drug-likeness (QED) is 0.687. The maximum absolute atomic E-state index is 11.3. The first kappa shape index (κ1) is 10.2. The summed E-state index contributed by atoms with van der Waals surface area (Å²) in [4.78, 5) is 21.9. The standard InChI is InChI=1S/C10H9N3O3/c11-6-1-3-7(4-2-6)13-5-8(14)9(12-13)10(15)16/h1-4H,5,11H2,(H,15,16). The molecule has 6 nitrogen and oxygen atoms in total. The molecule has 1 heterocycles. The number of carboxylic acid groups (broad SMARTS) is 1. The number of carbonyl (C=O) groups is 2. The number of carbonyl (C=O) groups excluding carboxylic acids is 1. The summed E-state index contributed by atoms with van der Waals surface area (Å²) in [7, 11) is 0. The van der Waals surface area contributed by atoms with Gasteiger partial charge in [0.2, 0.25) is 11.5 Å². The van der Waals surface area contributed by atoms with E-state index < -0.39 is 17.5 Å². The number of Topliss-reactive ketones (excluding diaryl/α,β-unsaturated/α-hetero) is 1. The molecular formula is C10H9N3O3. The number of aliphatic carboxylic acids is 1. The van der Waals surface area contributed by atoms with Crippen molar-refractivity contribution < 1.29 is 14.7 Å². The Labute approximate surface area is 91.0 Å². The molecule has 0 aliphatic carbocycles. The highest BCUT2D eigenvalue weighted by Gasteiger charge is 2.29. The number of nitrogen functional groups attached to an aromatic ring is 1. The highest BCUT2D eigenvalue weighted by molar-refractivity contribution is 6.65. The summed E-state index contributed by atoms with van der Waals surface area (Å²) in [6.07, 6.45) is 0. The Morgan fingerprint density at radius 3 is 2.50 bits per heavy atom. The number of rotatable bonds is 2. The van der Waals surface area contributed by atoms with Crippen molar-refractivity contribution in [2.24, 2.45) is 5.10 Å². The van der Waals surface area contributed by atoms with Gasteiger partial charge in [-0.2, -0.15) is 5.10 Å². The van der Waals surface area contributed by atoms with Crippen LogP contribution in [0.3, 0.4) is 0 Å². The van der Waals surface area contributed by atoms with E-state index in [1.54, 1.807) is 24.3 Å². The predicted molar refractivity (Wildman–Crippen MR) is 58.3 cm³/mol. The molecule has 0 saturated heterocycles. The van der Waals surface area contributed by atoms with Crippen LogP contribution in [0.5, 0.6) is 0 Å². The molecule has 16 heavy (non-hydrogen) atoms. The fraction of sp³-hybridized carbons (Fsp3) is 0.100. The second-order valence-corrected chi connectivity index (χ2v) is 3.33. The van der Waals surface area contributed by atoms with Crippen LogP contribution in [0.1, 0.15) is 0 Å². The lowest BCUT2D eigenvalue weighted by Crippen LogP contribution is -2.23. The van der Waals surface area contributed by atoms with Gasteiger partial charge in [-0.3, -0.25) is 9.80 Å². The smallest absolute Gasteiger partial charge is 0.360 e. The van der Waals surface area contributed by atoms with Gasteiger partial charge in [0.25, 0.3) is 0 Å². The molecule has 0 atom stereocenters. The third-order valence-corrected chi connectivity index (χ3v) is 2.17. The molecule has 0 bridgehead atoms. The summed E-state index contributed by atoms with van der Waals surface area (Å²) in [5.41, 5.74) is 6.31. The summed E-state index contributed by atoms with van der Waals surface area (Å²) in [5, 5.41) is 13.8. The van der Waals surface area contributed by atoms with E-state index in [2.05, 4.69) is 5.10 Å². The number of nitrogens with zero attached hydrogens (tertiary/aromatic N) is 2. The van der Waals surface area contributed by atoms with Gasteiger partial charge in [-0.15, -0.1) is 0 Å². The average molecular weight is 219 g/mol. The van der Waals surface area contributed by atoms with Gasteiger partial charge < -0.3 is 10.8 Å². The number of hydrogen-bond acceptors (Lipinski definition) is 5. The molecule has 82 valence electrons. The molecule has 1 aromatic carbocycles. The highest BCUT2D eigenvalue weighted by atomic mass is 16.4. The Kier molecular flexibility index (Phi) is 2.32. The highest BCUT2D eigenvalue weighted by Crippen LogP contribution is 2.19. The van der Waals surface area contributed by atoms with Gasteiger partial charge in [0.15, 0.2) is 0 Å². The van der Waals surface area contributed by atoms with Gasteiger partial charge >= 0.3 is 5.97 Å².